The molecule has 0 spiro atoms. The normalized spacial score (nSPS) is 11.2. The van der Waals surface area contributed by atoms with Crippen LogP contribution in [0.25, 0.3) is 20.8 Å². The highest BCUT2D eigenvalue weighted by molar-refractivity contribution is 14.1. The Morgan fingerprint density at radius 1 is 1.39 bits per heavy atom. The molecule has 1 aromatic carbocycles. The smallest absolute Gasteiger partial charge is 0.127 e. The minimum Gasteiger partial charge on any atom is -0.269 e. The molecule has 0 aliphatic rings. The Balaban J connectivity index is 2.02. The minimum absolute atomic E-state index is 0.294. The van der Waals surface area contributed by atoms with Gasteiger partial charge in [-0.05, 0) is 40.8 Å². The number of nitrogens with zero attached hydrogens (tertiary/aromatic N) is 3. The number of hydrogen-bond acceptors (Lipinski definition) is 3. The number of benzene rings is 1. The highest BCUT2D eigenvalue weighted by Crippen LogP contribution is 2.30. The largest absolute Gasteiger partial charge is 0.269 e. The van der Waals surface area contributed by atoms with Crippen molar-refractivity contribution in [2.24, 2.45) is 0 Å². The molecule has 3 aromatic rings. The maximum absolute atomic E-state index is 12.2. The summed E-state index contributed by atoms with van der Waals surface area (Å²) in [6.07, 6.45) is 3.57. The second-order valence-corrected chi connectivity index (χ2v) is 6.09. The molecule has 2 aromatic heterocycles. The van der Waals surface area contributed by atoms with Gasteiger partial charge in [-0.25, -0.2) is 9.37 Å². The molecule has 0 radical (unpaired) electrons. The minimum atomic E-state index is -0.404. The van der Waals surface area contributed by atoms with Crippen molar-refractivity contribution < 1.29 is 4.39 Å². The van der Waals surface area contributed by atoms with Gasteiger partial charge in [0.2, 0.25) is 0 Å². The molecule has 0 atom stereocenters. The molecular formula is C12H9FIN3S. The Labute approximate surface area is 121 Å². The lowest BCUT2D eigenvalue weighted by atomic mass is 10.3. The van der Waals surface area contributed by atoms with Crippen molar-refractivity contribution in [2.75, 3.05) is 6.67 Å². The maximum atomic E-state index is 12.2. The SMILES string of the molecule is FCCn1cc(-c2nc3ccc(I)cc3s2)cn1. The van der Waals surface area contributed by atoms with E-state index in [1.54, 1.807) is 22.2 Å². The van der Waals surface area contributed by atoms with Crippen LogP contribution in [0.5, 0.6) is 0 Å². The number of aromatic nitrogens is 3. The molecule has 0 saturated heterocycles. The zero-order valence-corrected chi connectivity index (χ0v) is 12.3. The van der Waals surface area contributed by atoms with Crippen LogP contribution in [0.15, 0.2) is 30.6 Å². The van der Waals surface area contributed by atoms with Crippen molar-refractivity contribution >= 4 is 44.1 Å². The first-order chi connectivity index (χ1) is 8.76. The Kier molecular flexibility index (Phi) is 3.29. The molecule has 0 bridgehead atoms. The van der Waals surface area contributed by atoms with E-state index in [4.69, 9.17) is 0 Å². The van der Waals surface area contributed by atoms with Crippen LogP contribution in [0, 0.1) is 3.57 Å². The average Bonchev–Trinajstić information content (AvgIpc) is 2.94. The highest BCUT2D eigenvalue weighted by Gasteiger charge is 2.08. The standard InChI is InChI=1S/C12H9FIN3S/c13-3-4-17-7-8(6-15-17)12-16-10-2-1-9(14)5-11(10)18-12/h1-2,5-7H,3-4H2. The van der Waals surface area contributed by atoms with Gasteiger partial charge < -0.3 is 0 Å². The van der Waals surface area contributed by atoms with Crippen LogP contribution >= 0.6 is 33.9 Å². The molecule has 3 nitrogen and oxygen atoms in total. The van der Waals surface area contributed by atoms with E-state index in [1.165, 1.54) is 3.57 Å². The lowest BCUT2D eigenvalue weighted by molar-refractivity contribution is 0.427. The van der Waals surface area contributed by atoms with Crippen LogP contribution in [0.1, 0.15) is 0 Å². The molecule has 0 amide bonds. The third-order valence-electron chi connectivity index (χ3n) is 2.54. The van der Waals surface area contributed by atoms with E-state index in [-0.39, 0.29) is 0 Å². The summed E-state index contributed by atoms with van der Waals surface area (Å²) >= 11 is 3.92. The average molecular weight is 373 g/mol. The Hall–Kier alpha value is -1.02. The third-order valence-corrected chi connectivity index (χ3v) is 4.28. The van der Waals surface area contributed by atoms with Gasteiger partial charge in [-0.1, -0.05) is 0 Å². The van der Waals surface area contributed by atoms with E-state index in [2.05, 4.69) is 38.7 Å². The molecule has 6 heteroatoms. The predicted molar refractivity (Wildman–Crippen MR) is 79.5 cm³/mol. The zero-order valence-electron chi connectivity index (χ0n) is 9.31. The van der Waals surface area contributed by atoms with Gasteiger partial charge in [0.1, 0.15) is 11.7 Å². The van der Waals surface area contributed by atoms with Gasteiger partial charge in [0.15, 0.2) is 0 Å². The van der Waals surface area contributed by atoms with Crippen molar-refractivity contribution in [1.82, 2.24) is 14.8 Å². The Morgan fingerprint density at radius 2 is 2.28 bits per heavy atom. The Bertz CT molecular complexity index is 692. The fourth-order valence-corrected chi connectivity index (χ4v) is 3.39. The number of halogens is 2. The molecular weight excluding hydrogens is 364 g/mol. The summed E-state index contributed by atoms with van der Waals surface area (Å²) in [7, 11) is 0. The van der Waals surface area contributed by atoms with Gasteiger partial charge in [-0.2, -0.15) is 5.10 Å². The van der Waals surface area contributed by atoms with Crippen LogP contribution < -0.4 is 0 Å². The van der Waals surface area contributed by atoms with E-state index in [9.17, 15) is 4.39 Å². The van der Waals surface area contributed by atoms with Crippen molar-refractivity contribution in [3.05, 3.63) is 34.2 Å². The summed E-state index contributed by atoms with van der Waals surface area (Å²) in [5, 5.41) is 5.04. The third kappa shape index (κ3) is 2.26. The van der Waals surface area contributed by atoms with Gasteiger partial charge in [-0.15, -0.1) is 11.3 Å². The molecule has 92 valence electrons. The first-order valence-corrected chi connectivity index (χ1v) is 7.30. The number of rotatable bonds is 3. The predicted octanol–water partition coefficient (Wildman–Crippen LogP) is 3.73. The van der Waals surface area contributed by atoms with Gasteiger partial charge in [0.05, 0.1) is 23.0 Å². The van der Waals surface area contributed by atoms with E-state index >= 15 is 0 Å². The molecule has 0 fully saturated rings. The van der Waals surface area contributed by atoms with E-state index in [0.29, 0.717) is 6.54 Å². The van der Waals surface area contributed by atoms with Gasteiger partial charge in [0.25, 0.3) is 0 Å². The molecule has 0 unspecified atom stereocenters. The number of fused-ring (bicyclic) bond motifs is 1. The summed E-state index contributed by atoms with van der Waals surface area (Å²) in [4.78, 5) is 4.57. The second-order valence-electron chi connectivity index (χ2n) is 3.81. The van der Waals surface area contributed by atoms with Crippen molar-refractivity contribution in [3.63, 3.8) is 0 Å². The number of thiazole rings is 1. The maximum Gasteiger partial charge on any atom is 0.127 e. The number of aryl methyl sites for hydroxylation is 1. The monoisotopic (exact) mass is 373 g/mol. The van der Waals surface area contributed by atoms with Crippen LogP contribution in [0.2, 0.25) is 0 Å². The highest BCUT2D eigenvalue weighted by atomic mass is 127. The number of alkyl halides is 1. The van der Waals surface area contributed by atoms with Gasteiger partial charge >= 0.3 is 0 Å². The van der Waals surface area contributed by atoms with E-state index in [1.807, 2.05) is 18.3 Å². The van der Waals surface area contributed by atoms with Crippen LogP contribution in [0.3, 0.4) is 0 Å². The van der Waals surface area contributed by atoms with Gasteiger partial charge in [0, 0.05) is 15.3 Å². The summed E-state index contributed by atoms with van der Waals surface area (Å²) in [5.74, 6) is 0. The topological polar surface area (TPSA) is 30.7 Å². The molecule has 0 aliphatic carbocycles. The zero-order chi connectivity index (χ0) is 12.5. The summed E-state index contributed by atoms with van der Waals surface area (Å²) in [6, 6.07) is 6.17. The Morgan fingerprint density at radius 3 is 3.11 bits per heavy atom. The lowest BCUT2D eigenvalue weighted by Crippen LogP contribution is -1.98. The van der Waals surface area contributed by atoms with E-state index < -0.39 is 6.67 Å². The van der Waals surface area contributed by atoms with Crippen LogP contribution in [-0.4, -0.2) is 21.4 Å². The van der Waals surface area contributed by atoms with Gasteiger partial charge in [-0.3, -0.25) is 4.68 Å². The molecule has 18 heavy (non-hydrogen) atoms. The molecule has 0 saturated carbocycles. The fourth-order valence-electron chi connectivity index (χ4n) is 1.70. The fraction of sp³-hybridized carbons (Fsp3) is 0.167. The molecule has 3 rings (SSSR count). The lowest BCUT2D eigenvalue weighted by Gasteiger charge is -1.92. The molecule has 2 heterocycles. The van der Waals surface area contributed by atoms with Crippen molar-refractivity contribution in [3.8, 4) is 10.6 Å². The quantitative estimate of drug-likeness (QED) is 0.655. The van der Waals surface area contributed by atoms with Crippen molar-refractivity contribution in [2.45, 2.75) is 6.54 Å². The number of hydrogen-bond donors (Lipinski definition) is 0. The first kappa shape index (κ1) is 12.0. The van der Waals surface area contributed by atoms with E-state index in [0.717, 1.165) is 20.8 Å². The first-order valence-electron chi connectivity index (χ1n) is 5.41. The van der Waals surface area contributed by atoms with Crippen LogP contribution in [0.4, 0.5) is 4.39 Å². The summed E-state index contributed by atoms with van der Waals surface area (Å²) in [5.41, 5.74) is 1.94. The van der Waals surface area contributed by atoms with Crippen LogP contribution in [-0.2, 0) is 6.54 Å². The summed E-state index contributed by atoms with van der Waals surface area (Å²) in [6.45, 7) is -0.109. The second kappa shape index (κ2) is 4.93. The van der Waals surface area contributed by atoms with Crippen molar-refractivity contribution in [1.29, 1.82) is 0 Å². The molecule has 0 N–H and O–H groups in total. The summed E-state index contributed by atoms with van der Waals surface area (Å²) < 4.78 is 16.2. The molecule has 0 aliphatic heterocycles.